The van der Waals surface area contributed by atoms with Gasteiger partial charge in [-0.1, -0.05) is 24.3 Å². The van der Waals surface area contributed by atoms with Gasteiger partial charge in [0.25, 0.3) is 0 Å². The van der Waals surface area contributed by atoms with Crippen molar-refractivity contribution in [3.8, 4) is 6.07 Å². The molecule has 2 fully saturated rings. The van der Waals surface area contributed by atoms with Gasteiger partial charge in [0.1, 0.15) is 0 Å². The number of benzene rings is 1. The quantitative estimate of drug-likeness (QED) is 0.726. The molecule has 0 saturated heterocycles. The van der Waals surface area contributed by atoms with Crippen molar-refractivity contribution < 1.29 is 0 Å². The lowest BCUT2D eigenvalue weighted by Gasteiger charge is -2.12. The minimum atomic E-state index is 0.722. The molecule has 1 aromatic carbocycles. The van der Waals surface area contributed by atoms with Crippen molar-refractivity contribution in [2.45, 2.75) is 19.3 Å². The van der Waals surface area contributed by atoms with Gasteiger partial charge in [-0.2, -0.15) is 5.26 Å². The van der Waals surface area contributed by atoms with Crippen molar-refractivity contribution in [1.82, 2.24) is 0 Å². The zero-order valence-electron chi connectivity index (χ0n) is 10.8. The Balaban J connectivity index is 1.66. The first-order valence-corrected chi connectivity index (χ1v) is 6.99. The molecule has 0 aliphatic heterocycles. The van der Waals surface area contributed by atoms with E-state index in [9.17, 15) is 0 Å². The fourth-order valence-electron chi connectivity index (χ4n) is 3.75. The van der Waals surface area contributed by atoms with E-state index >= 15 is 0 Å². The molecule has 0 amide bonds. The Hall–Kier alpha value is -2.07. The van der Waals surface area contributed by atoms with Gasteiger partial charge in [-0.15, -0.1) is 0 Å². The Morgan fingerprint density at radius 2 is 1.63 bits per heavy atom. The first-order chi connectivity index (χ1) is 9.33. The van der Waals surface area contributed by atoms with E-state index in [1.54, 1.807) is 11.1 Å². The first kappa shape index (κ1) is 10.8. The summed E-state index contributed by atoms with van der Waals surface area (Å²) in [7, 11) is 0. The number of hydrogen-bond acceptors (Lipinski definition) is 1. The Kier molecular flexibility index (Phi) is 2.26. The molecule has 2 bridgehead atoms. The summed E-state index contributed by atoms with van der Waals surface area (Å²) in [6.07, 6.45) is 11.1. The van der Waals surface area contributed by atoms with Gasteiger partial charge in [-0.25, -0.2) is 0 Å². The number of rotatable bonds is 1. The van der Waals surface area contributed by atoms with Crippen LogP contribution in [0.1, 0.15) is 30.4 Å². The lowest BCUT2D eigenvalue weighted by Crippen LogP contribution is -1.99. The highest BCUT2D eigenvalue weighted by Gasteiger charge is 2.40. The summed E-state index contributed by atoms with van der Waals surface area (Å²) in [5.41, 5.74) is 6.44. The van der Waals surface area contributed by atoms with Gasteiger partial charge in [0.15, 0.2) is 0 Å². The molecule has 3 aliphatic rings. The Bertz CT molecular complexity index is 637. The molecule has 1 heteroatoms. The minimum absolute atomic E-state index is 0.722. The van der Waals surface area contributed by atoms with E-state index in [0.717, 1.165) is 17.4 Å². The molecule has 0 radical (unpaired) electrons. The maximum atomic E-state index is 8.80. The molecule has 2 atom stereocenters. The number of nitrogens with zero attached hydrogens (tertiary/aromatic N) is 1. The van der Waals surface area contributed by atoms with Crippen molar-refractivity contribution >= 4 is 6.08 Å². The van der Waals surface area contributed by atoms with Crippen molar-refractivity contribution in [3.05, 3.63) is 64.3 Å². The lowest BCUT2D eigenvalue weighted by atomic mass is 9.92. The molecule has 0 aromatic heterocycles. The first-order valence-electron chi connectivity index (χ1n) is 6.99. The van der Waals surface area contributed by atoms with E-state index in [0.29, 0.717) is 0 Å². The second-order valence-corrected chi connectivity index (χ2v) is 5.78. The third kappa shape index (κ3) is 1.68. The second-order valence-electron chi connectivity index (χ2n) is 5.78. The molecule has 92 valence electrons. The minimum Gasteiger partial charge on any atom is -0.192 e. The van der Waals surface area contributed by atoms with Crippen molar-refractivity contribution in [2.75, 3.05) is 0 Å². The highest BCUT2D eigenvalue weighted by Crippen LogP contribution is 2.54. The Labute approximate surface area is 113 Å². The summed E-state index contributed by atoms with van der Waals surface area (Å²) in [6.45, 7) is 0. The molecule has 0 heterocycles. The third-order valence-electron chi connectivity index (χ3n) is 4.66. The summed E-state index contributed by atoms with van der Waals surface area (Å²) in [5.74, 6) is 1.67. The summed E-state index contributed by atoms with van der Waals surface area (Å²) in [5, 5.41) is 8.80. The zero-order valence-corrected chi connectivity index (χ0v) is 10.8. The monoisotopic (exact) mass is 245 g/mol. The van der Waals surface area contributed by atoms with Gasteiger partial charge in [0.05, 0.1) is 11.6 Å². The van der Waals surface area contributed by atoms with E-state index in [1.165, 1.54) is 30.4 Å². The summed E-state index contributed by atoms with van der Waals surface area (Å²) >= 11 is 0. The van der Waals surface area contributed by atoms with Crippen LogP contribution < -0.4 is 0 Å². The average Bonchev–Trinajstić information content (AvgIpc) is 3.11. The average molecular weight is 245 g/mol. The van der Waals surface area contributed by atoms with Crippen LogP contribution in [0.25, 0.3) is 6.08 Å². The highest BCUT2D eigenvalue weighted by molar-refractivity contribution is 5.68. The Morgan fingerprint density at radius 1 is 1.00 bits per heavy atom. The molecule has 3 aliphatic carbocycles. The Morgan fingerprint density at radius 3 is 2.21 bits per heavy atom. The molecule has 19 heavy (non-hydrogen) atoms. The van der Waals surface area contributed by atoms with E-state index < -0.39 is 0 Å². The third-order valence-corrected chi connectivity index (χ3v) is 4.66. The maximum Gasteiger partial charge on any atom is 0.0991 e. The number of fused-ring (bicyclic) bond motifs is 5. The van der Waals surface area contributed by atoms with Crippen LogP contribution in [0, 0.1) is 23.2 Å². The molecule has 1 aromatic rings. The normalized spacial score (nSPS) is 26.8. The lowest BCUT2D eigenvalue weighted by molar-refractivity contribution is 0.658. The number of nitriles is 1. The number of hydrogen-bond donors (Lipinski definition) is 0. The maximum absolute atomic E-state index is 8.80. The SMILES string of the molecule is N#Cc1ccc(C=C2C=C3C(=C2)[C@H]2CC[C@H]3C2)cc1. The van der Waals surface area contributed by atoms with Crippen LogP contribution in [0.15, 0.2) is 53.1 Å². The molecule has 0 spiro atoms. The van der Waals surface area contributed by atoms with Crippen molar-refractivity contribution in [1.29, 1.82) is 5.26 Å². The van der Waals surface area contributed by atoms with Crippen LogP contribution in [0.3, 0.4) is 0 Å². The van der Waals surface area contributed by atoms with E-state index in [4.69, 9.17) is 5.26 Å². The van der Waals surface area contributed by atoms with Gasteiger partial charge in [0.2, 0.25) is 0 Å². The van der Waals surface area contributed by atoms with Gasteiger partial charge in [0, 0.05) is 0 Å². The van der Waals surface area contributed by atoms with Crippen LogP contribution in [0.5, 0.6) is 0 Å². The molecule has 4 rings (SSSR count). The van der Waals surface area contributed by atoms with Gasteiger partial charge >= 0.3 is 0 Å². The van der Waals surface area contributed by atoms with E-state index in [1.807, 2.05) is 24.3 Å². The molecule has 0 N–H and O–H groups in total. The van der Waals surface area contributed by atoms with Crippen LogP contribution in [0.4, 0.5) is 0 Å². The van der Waals surface area contributed by atoms with E-state index in [-0.39, 0.29) is 0 Å². The van der Waals surface area contributed by atoms with Crippen molar-refractivity contribution in [3.63, 3.8) is 0 Å². The summed E-state index contributed by atoms with van der Waals surface area (Å²) in [4.78, 5) is 0. The van der Waals surface area contributed by atoms with E-state index in [2.05, 4.69) is 24.3 Å². The molecular weight excluding hydrogens is 230 g/mol. The summed E-state index contributed by atoms with van der Waals surface area (Å²) < 4.78 is 0. The van der Waals surface area contributed by atoms with Gasteiger partial charge < -0.3 is 0 Å². The highest BCUT2D eigenvalue weighted by atomic mass is 14.4. The topological polar surface area (TPSA) is 23.8 Å². The fraction of sp³-hybridized carbons (Fsp3) is 0.278. The molecule has 1 nitrogen and oxygen atoms in total. The van der Waals surface area contributed by atoms with Crippen LogP contribution in [0.2, 0.25) is 0 Å². The fourth-order valence-corrected chi connectivity index (χ4v) is 3.75. The smallest absolute Gasteiger partial charge is 0.0991 e. The van der Waals surface area contributed by atoms with Gasteiger partial charge in [-0.3, -0.25) is 0 Å². The standard InChI is InChI=1S/C18H15N/c19-11-13-3-1-12(2-4-13)7-14-8-17-15-5-6-16(10-15)18(17)9-14/h1-4,7-9,15-16H,5-6,10H2/t15-,16-/m0/s1. The molecular formula is C18H15N. The predicted octanol–water partition coefficient (Wildman–Crippen LogP) is 4.24. The van der Waals surface area contributed by atoms with Gasteiger partial charge in [-0.05, 0) is 71.6 Å². The van der Waals surface area contributed by atoms with Crippen LogP contribution >= 0.6 is 0 Å². The summed E-state index contributed by atoms with van der Waals surface area (Å²) in [6, 6.07) is 9.96. The van der Waals surface area contributed by atoms with Crippen molar-refractivity contribution in [2.24, 2.45) is 11.8 Å². The molecule has 2 saturated carbocycles. The van der Waals surface area contributed by atoms with Crippen LogP contribution in [-0.2, 0) is 0 Å². The molecule has 0 unspecified atom stereocenters. The largest absolute Gasteiger partial charge is 0.192 e. The van der Waals surface area contributed by atoms with Crippen LogP contribution in [-0.4, -0.2) is 0 Å². The second kappa shape index (κ2) is 3.96. The predicted molar refractivity (Wildman–Crippen MR) is 76.1 cm³/mol. The number of allylic oxidation sites excluding steroid dienone is 5. The zero-order chi connectivity index (χ0) is 12.8.